The van der Waals surface area contributed by atoms with E-state index in [1.807, 2.05) is 24.5 Å². The first-order valence-electron chi connectivity index (χ1n) is 3.87. The van der Waals surface area contributed by atoms with Gasteiger partial charge in [0.15, 0.2) is 0 Å². The van der Waals surface area contributed by atoms with E-state index in [0.717, 1.165) is 10.9 Å². The monoisotopic (exact) mass is 154 g/mol. The van der Waals surface area contributed by atoms with E-state index in [4.69, 9.17) is 0 Å². The van der Waals surface area contributed by atoms with Gasteiger partial charge in [0.1, 0.15) is 0 Å². The molecule has 0 unspecified atom stereocenters. The van der Waals surface area contributed by atoms with E-state index in [-0.39, 0.29) is 0 Å². The van der Waals surface area contributed by atoms with Gasteiger partial charge < -0.3 is 0 Å². The maximum absolute atomic E-state index is 4.30. The topological polar surface area (TPSA) is 25.2 Å². The largest absolute Gasteiger partial charge is 0.255 e. The molecular weight excluding hydrogens is 148 g/mol. The van der Waals surface area contributed by atoms with E-state index in [9.17, 15) is 0 Å². The van der Waals surface area contributed by atoms with Crippen molar-refractivity contribution in [2.75, 3.05) is 0 Å². The van der Waals surface area contributed by atoms with Crippen molar-refractivity contribution in [1.29, 1.82) is 0 Å². The number of rotatable bonds is 0. The van der Waals surface area contributed by atoms with Crippen molar-refractivity contribution in [3.8, 4) is 0 Å². The second kappa shape index (κ2) is 1.91. The molecule has 0 fully saturated rings. The molecule has 2 aromatic rings. The van der Waals surface area contributed by atoms with Gasteiger partial charge in [0.05, 0.1) is 10.9 Å². The van der Waals surface area contributed by atoms with Gasteiger partial charge in [-0.1, -0.05) is 12.1 Å². The molecule has 1 aromatic carbocycles. The number of fused-ring (bicyclic) bond motifs is 3. The van der Waals surface area contributed by atoms with E-state index in [1.54, 1.807) is 0 Å². The van der Waals surface area contributed by atoms with Crippen molar-refractivity contribution < 1.29 is 0 Å². The molecule has 3 rings (SSSR count). The SMILES string of the molecule is C1=c2c(ccc3cccnc23)=N1. The zero-order chi connectivity index (χ0) is 7.97. The Morgan fingerprint density at radius 2 is 2.08 bits per heavy atom. The maximum Gasteiger partial charge on any atom is 0.0811 e. The Labute approximate surface area is 68.9 Å². The minimum atomic E-state index is 1.06. The highest BCUT2D eigenvalue weighted by Gasteiger charge is 2.01. The summed E-state index contributed by atoms with van der Waals surface area (Å²) in [4.78, 5) is 8.42. The molecule has 0 saturated carbocycles. The van der Waals surface area contributed by atoms with Gasteiger partial charge in [0.2, 0.25) is 0 Å². The molecule has 1 aliphatic heterocycles. The van der Waals surface area contributed by atoms with E-state index in [2.05, 4.69) is 22.1 Å². The highest BCUT2D eigenvalue weighted by atomic mass is 14.7. The molecule has 0 aliphatic carbocycles. The molecule has 2 heteroatoms. The lowest BCUT2D eigenvalue weighted by atomic mass is 10.1. The number of aromatic nitrogens is 1. The van der Waals surface area contributed by atoms with Gasteiger partial charge in [-0.15, -0.1) is 0 Å². The second-order valence-corrected chi connectivity index (χ2v) is 2.83. The average molecular weight is 154 g/mol. The summed E-state index contributed by atoms with van der Waals surface area (Å²) in [6.07, 6.45) is 3.68. The predicted molar refractivity (Wildman–Crippen MR) is 47.0 cm³/mol. The first-order chi connectivity index (χ1) is 5.95. The van der Waals surface area contributed by atoms with Crippen molar-refractivity contribution in [2.24, 2.45) is 4.99 Å². The fourth-order valence-electron chi connectivity index (χ4n) is 1.46. The molecule has 0 bridgehead atoms. The predicted octanol–water partition coefficient (Wildman–Crippen LogP) is 0.606. The van der Waals surface area contributed by atoms with Crippen LogP contribution in [0.25, 0.3) is 17.1 Å². The van der Waals surface area contributed by atoms with Gasteiger partial charge in [-0.2, -0.15) is 0 Å². The quantitative estimate of drug-likeness (QED) is 0.545. The van der Waals surface area contributed by atoms with Crippen LogP contribution in [0.2, 0.25) is 0 Å². The Kier molecular flexibility index (Phi) is 0.939. The zero-order valence-corrected chi connectivity index (χ0v) is 6.36. The third-order valence-corrected chi connectivity index (χ3v) is 2.12. The molecule has 12 heavy (non-hydrogen) atoms. The molecular formula is C10H6N2. The molecule has 2 heterocycles. The van der Waals surface area contributed by atoms with Crippen LogP contribution in [-0.2, 0) is 0 Å². The molecule has 1 aliphatic rings. The van der Waals surface area contributed by atoms with Gasteiger partial charge in [0.25, 0.3) is 0 Å². The second-order valence-electron chi connectivity index (χ2n) is 2.83. The van der Waals surface area contributed by atoms with Gasteiger partial charge >= 0.3 is 0 Å². The number of hydrogen-bond acceptors (Lipinski definition) is 2. The lowest BCUT2D eigenvalue weighted by molar-refractivity contribution is 1.26. The van der Waals surface area contributed by atoms with Crippen LogP contribution in [0, 0.1) is 0 Å². The Bertz CT molecular complexity index is 570. The van der Waals surface area contributed by atoms with Crippen LogP contribution in [-0.4, -0.2) is 4.98 Å². The molecule has 0 saturated heterocycles. The van der Waals surface area contributed by atoms with E-state index < -0.39 is 0 Å². The standard InChI is InChI=1S/C10H6N2/c1-2-7-3-4-9-8(6-12-9)10(7)11-5-1/h1-6H. The summed E-state index contributed by atoms with van der Waals surface area (Å²) in [5.41, 5.74) is 1.06. The summed E-state index contributed by atoms with van der Waals surface area (Å²) < 4.78 is 0. The smallest absolute Gasteiger partial charge is 0.0811 e. The number of pyridine rings is 1. The first-order valence-corrected chi connectivity index (χ1v) is 3.87. The lowest BCUT2D eigenvalue weighted by Gasteiger charge is -2.01. The van der Waals surface area contributed by atoms with Crippen LogP contribution >= 0.6 is 0 Å². The highest BCUT2D eigenvalue weighted by Crippen LogP contribution is 2.04. The average Bonchev–Trinajstić information content (AvgIpc) is 2.05. The Morgan fingerprint density at radius 1 is 1.08 bits per heavy atom. The molecule has 0 N–H and O–H groups in total. The van der Waals surface area contributed by atoms with Crippen LogP contribution in [0.1, 0.15) is 0 Å². The summed E-state index contributed by atoms with van der Waals surface area (Å²) in [7, 11) is 0. The van der Waals surface area contributed by atoms with E-state index in [1.165, 1.54) is 10.6 Å². The van der Waals surface area contributed by atoms with E-state index >= 15 is 0 Å². The molecule has 0 radical (unpaired) electrons. The van der Waals surface area contributed by atoms with Gasteiger partial charge in [-0.3, -0.25) is 9.98 Å². The van der Waals surface area contributed by atoms with Crippen LogP contribution in [0.15, 0.2) is 35.5 Å². The van der Waals surface area contributed by atoms with Crippen LogP contribution in [0.4, 0.5) is 0 Å². The highest BCUT2D eigenvalue weighted by molar-refractivity contribution is 5.80. The third-order valence-electron chi connectivity index (χ3n) is 2.12. The molecule has 0 amide bonds. The Morgan fingerprint density at radius 3 is 2.92 bits per heavy atom. The van der Waals surface area contributed by atoms with Crippen molar-refractivity contribution in [1.82, 2.24) is 4.98 Å². The lowest BCUT2D eigenvalue weighted by Crippen LogP contribution is -2.31. The Balaban J connectivity index is 2.69. The van der Waals surface area contributed by atoms with Crippen molar-refractivity contribution in [3.63, 3.8) is 0 Å². The summed E-state index contributed by atoms with van der Waals surface area (Å²) in [6, 6.07) is 8.09. The van der Waals surface area contributed by atoms with Gasteiger partial charge in [0, 0.05) is 23.0 Å². The summed E-state index contributed by atoms with van der Waals surface area (Å²) in [6.45, 7) is 0. The molecule has 0 atom stereocenters. The van der Waals surface area contributed by atoms with Crippen molar-refractivity contribution in [3.05, 3.63) is 41.0 Å². The van der Waals surface area contributed by atoms with Crippen molar-refractivity contribution in [2.45, 2.75) is 0 Å². The number of hydrogen-bond donors (Lipinski definition) is 0. The first kappa shape index (κ1) is 5.89. The molecule has 56 valence electrons. The van der Waals surface area contributed by atoms with Crippen LogP contribution < -0.4 is 10.6 Å². The zero-order valence-electron chi connectivity index (χ0n) is 6.36. The van der Waals surface area contributed by atoms with Crippen LogP contribution in [0.5, 0.6) is 0 Å². The Hall–Kier alpha value is -1.70. The van der Waals surface area contributed by atoms with Gasteiger partial charge in [-0.05, 0) is 12.1 Å². The fraction of sp³-hybridized carbons (Fsp3) is 0. The molecule has 1 aromatic heterocycles. The summed E-state index contributed by atoms with van der Waals surface area (Å²) in [5, 5.41) is 3.41. The molecule has 2 nitrogen and oxygen atoms in total. The minimum absolute atomic E-state index is 1.06. The fourth-order valence-corrected chi connectivity index (χ4v) is 1.46. The molecule has 0 spiro atoms. The number of benzene rings is 1. The van der Waals surface area contributed by atoms with Crippen LogP contribution in [0.3, 0.4) is 0 Å². The van der Waals surface area contributed by atoms with Crippen molar-refractivity contribution >= 4 is 17.1 Å². The third kappa shape index (κ3) is 0.593. The number of nitrogens with zero attached hydrogens (tertiary/aromatic N) is 2. The normalized spacial score (nSPS) is 12.7. The summed E-state index contributed by atoms with van der Waals surface area (Å²) in [5.74, 6) is 0. The van der Waals surface area contributed by atoms with Gasteiger partial charge in [-0.25, -0.2) is 0 Å². The maximum atomic E-state index is 4.30. The van der Waals surface area contributed by atoms with E-state index in [0.29, 0.717) is 0 Å². The summed E-state index contributed by atoms with van der Waals surface area (Å²) >= 11 is 0. The minimum Gasteiger partial charge on any atom is -0.255 e.